The molecule has 0 unspecified atom stereocenters. The molecule has 0 atom stereocenters. The van der Waals surface area contributed by atoms with Gasteiger partial charge in [0.2, 0.25) is 5.91 Å². The smallest absolute Gasteiger partial charge is 0.494 e. The van der Waals surface area contributed by atoms with E-state index in [0.29, 0.717) is 19.4 Å². The zero-order valence-corrected chi connectivity index (χ0v) is 24.2. The molecule has 8 nitrogen and oxygen atoms in total. The fourth-order valence-electron chi connectivity index (χ4n) is 5.97. The van der Waals surface area contributed by atoms with Gasteiger partial charge in [0.25, 0.3) is 0 Å². The van der Waals surface area contributed by atoms with Crippen LogP contribution in [0.2, 0.25) is 0 Å². The van der Waals surface area contributed by atoms with Crippen LogP contribution in [0, 0.1) is 19.8 Å². The summed E-state index contributed by atoms with van der Waals surface area (Å²) in [6.07, 6.45) is 2.92. The van der Waals surface area contributed by atoms with Crippen molar-refractivity contribution in [2.24, 2.45) is 11.7 Å². The monoisotopic (exact) mass is 533 g/mol. The van der Waals surface area contributed by atoms with Crippen LogP contribution < -0.4 is 20.8 Å². The molecule has 1 aliphatic carbocycles. The average Bonchev–Trinajstić information content (AvgIpc) is 3.11. The standard InChI is InChI=1S/C30H40BN3O5/c1-18-8-11-23(16-26(18)37-7)34-25-15-21(31-38-29(3,4)30(5,6)39-31)14-19(2)24(25)17-33(28(34)36)22-12-9-20(10-13-22)27(32)35/h8,11,14-16,20,22H,9-10,12-13,17H2,1-7H3,(H2,32,35). The lowest BCUT2D eigenvalue weighted by molar-refractivity contribution is -0.123. The quantitative estimate of drug-likeness (QED) is 0.561. The zero-order valence-electron chi connectivity index (χ0n) is 24.2. The summed E-state index contributed by atoms with van der Waals surface area (Å²) in [6, 6.07) is 9.97. The normalized spacial score (nSPS) is 24.1. The van der Waals surface area contributed by atoms with Crippen molar-refractivity contribution in [3.05, 3.63) is 47.0 Å². The van der Waals surface area contributed by atoms with Crippen molar-refractivity contribution >= 4 is 35.9 Å². The number of nitrogens with two attached hydrogens (primary N) is 1. The van der Waals surface area contributed by atoms with E-state index in [1.807, 2.05) is 63.8 Å². The Balaban J connectivity index is 1.57. The van der Waals surface area contributed by atoms with Crippen LogP contribution in [0.1, 0.15) is 70.1 Å². The van der Waals surface area contributed by atoms with Crippen LogP contribution in [0.4, 0.5) is 16.2 Å². The Hall–Kier alpha value is -3.04. The molecular weight excluding hydrogens is 493 g/mol. The number of primary amides is 1. The molecule has 0 aromatic heterocycles. The predicted octanol–water partition coefficient (Wildman–Crippen LogP) is 4.73. The van der Waals surface area contributed by atoms with E-state index in [9.17, 15) is 9.59 Å². The fourth-order valence-corrected chi connectivity index (χ4v) is 5.97. The van der Waals surface area contributed by atoms with Gasteiger partial charge in [-0.3, -0.25) is 9.69 Å². The Morgan fingerprint density at radius 3 is 2.23 bits per heavy atom. The van der Waals surface area contributed by atoms with Crippen LogP contribution in [-0.4, -0.2) is 48.3 Å². The number of ether oxygens (including phenoxy) is 1. The van der Waals surface area contributed by atoms with Gasteiger partial charge in [-0.05, 0) is 102 Å². The maximum Gasteiger partial charge on any atom is 0.494 e. The number of nitrogens with zero attached hydrogens (tertiary/aromatic N) is 2. The molecule has 9 heteroatoms. The van der Waals surface area contributed by atoms with E-state index >= 15 is 0 Å². The number of carbonyl (C=O) groups excluding carboxylic acids is 2. The molecule has 2 heterocycles. The summed E-state index contributed by atoms with van der Waals surface area (Å²) in [4.78, 5) is 29.8. The van der Waals surface area contributed by atoms with Crippen molar-refractivity contribution in [3.63, 3.8) is 0 Å². The first-order chi connectivity index (χ1) is 18.3. The number of hydrogen-bond donors (Lipinski definition) is 1. The van der Waals surface area contributed by atoms with Gasteiger partial charge >= 0.3 is 13.1 Å². The van der Waals surface area contributed by atoms with Gasteiger partial charge in [0.1, 0.15) is 5.75 Å². The van der Waals surface area contributed by atoms with Crippen molar-refractivity contribution in [3.8, 4) is 5.75 Å². The molecular formula is C30H40BN3O5. The summed E-state index contributed by atoms with van der Waals surface area (Å²) in [5, 5.41) is 0. The minimum atomic E-state index is -0.536. The lowest BCUT2D eigenvalue weighted by atomic mass is 9.76. The maximum atomic E-state index is 14.3. The summed E-state index contributed by atoms with van der Waals surface area (Å²) >= 11 is 0. The maximum absolute atomic E-state index is 14.3. The Morgan fingerprint density at radius 2 is 1.64 bits per heavy atom. The molecule has 0 radical (unpaired) electrons. The van der Waals surface area contributed by atoms with Gasteiger partial charge in [-0.2, -0.15) is 0 Å². The number of methoxy groups -OCH3 is 1. The number of benzene rings is 2. The van der Waals surface area contributed by atoms with Gasteiger partial charge in [-0.25, -0.2) is 4.79 Å². The van der Waals surface area contributed by atoms with E-state index in [4.69, 9.17) is 19.8 Å². The van der Waals surface area contributed by atoms with Gasteiger partial charge in [0.05, 0.1) is 36.2 Å². The highest BCUT2D eigenvalue weighted by Gasteiger charge is 2.52. The van der Waals surface area contributed by atoms with E-state index in [0.717, 1.165) is 52.1 Å². The Kier molecular flexibility index (Phi) is 6.96. The van der Waals surface area contributed by atoms with Crippen LogP contribution in [0.5, 0.6) is 5.75 Å². The molecule has 0 bridgehead atoms. The number of hydrogen-bond acceptors (Lipinski definition) is 5. The molecule has 208 valence electrons. The largest absolute Gasteiger partial charge is 0.496 e. The molecule has 39 heavy (non-hydrogen) atoms. The minimum Gasteiger partial charge on any atom is -0.496 e. The molecule has 2 fully saturated rings. The molecule has 1 saturated carbocycles. The van der Waals surface area contributed by atoms with Gasteiger partial charge in [0, 0.05) is 18.0 Å². The molecule has 3 amide bonds. The van der Waals surface area contributed by atoms with E-state index in [1.54, 1.807) is 12.0 Å². The van der Waals surface area contributed by atoms with Gasteiger partial charge in [-0.1, -0.05) is 12.1 Å². The van der Waals surface area contributed by atoms with Gasteiger partial charge in [-0.15, -0.1) is 0 Å². The highest BCUT2D eigenvalue weighted by Crippen LogP contribution is 2.42. The van der Waals surface area contributed by atoms with Crippen molar-refractivity contribution in [2.45, 2.75) is 91.0 Å². The van der Waals surface area contributed by atoms with Crippen molar-refractivity contribution in [1.82, 2.24) is 4.90 Å². The highest BCUT2D eigenvalue weighted by molar-refractivity contribution is 6.62. The SMILES string of the molecule is COc1cc(N2C(=O)N(C3CCC(C(N)=O)CC3)Cc3c(C)cc(B4OC(C)(C)C(C)(C)O4)cc32)ccc1C. The molecule has 2 aromatic rings. The lowest BCUT2D eigenvalue weighted by Gasteiger charge is -2.43. The second-order valence-electron chi connectivity index (χ2n) is 12.2. The second-order valence-corrected chi connectivity index (χ2v) is 12.2. The summed E-state index contributed by atoms with van der Waals surface area (Å²) in [5.74, 6) is 0.359. The molecule has 5 rings (SSSR count). The number of carbonyl (C=O) groups is 2. The van der Waals surface area contributed by atoms with Gasteiger partial charge in [0.15, 0.2) is 0 Å². The molecule has 2 aromatic carbocycles. The Morgan fingerprint density at radius 1 is 1.00 bits per heavy atom. The van der Waals surface area contributed by atoms with Crippen LogP contribution in [-0.2, 0) is 20.6 Å². The average molecular weight is 533 g/mol. The van der Waals surface area contributed by atoms with Crippen molar-refractivity contribution < 1.29 is 23.6 Å². The van der Waals surface area contributed by atoms with E-state index in [2.05, 4.69) is 13.0 Å². The first kappa shape index (κ1) is 27.5. The predicted molar refractivity (Wildman–Crippen MR) is 153 cm³/mol. The van der Waals surface area contributed by atoms with Crippen LogP contribution in [0.15, 0.2) is 30.3 Å². The molecule has 2 aliphatic heterocycles. The third kappa shape index (κ3) is 4.80. The number of amides is 3. The summed E-state index contributed by atoms with van der Waals surface area (Å²) in [7, 11) is 1.10. The number of anilines is 2. The van der Waals surface area contributed by atoms with E-state index < -0.39 is 18.3 Å². The van der Waals surface area contributed by atoms with Crippen molar-refractivity contribution in [1.29, 1.82) is 0 Å². The number of urea groups is 1. The fraction of sp³-hybridized carbons (Fsp3) is 0.533. The van der Waals surface area contributed by atoms with E-state index in [1.165, 1.54) is 0 Å². The second kappa shape index (κ2) is 9.86. The van der Waals surface area contributed by atoms with Crippen LogP contribution in [0.25, 0.3) is 0 Å². The van der Waals surface area contributed by atoms with Crippen LogP contribution >= 0.6 is 0 Å². The lowest BCUT2D eigenvalue weighted by Crippen LogP contribution is -2.51. The zero-order chi connectivity index (χ0) is 28.3. The summed E-state index contributed by atoms with van der Waals surface area (Å²) < 4.78 is 18.4. The Labute approximate surface area is 231 Å². The van der Waals surface area contributed by atoms with E-state index in [-0.39, 0.29) is 23.9 Å². The third-order valence-electron chi connectivity index (χ3n) is 9.19. The molecule has 3 aliphatic rings. The number of fused-ring (bicyclic) bond motifs is 1. The summed E-state index contributed by atoms with van der Waals surface area (Å²) in [6.45, 7) is 12.7. The first-order valence-electron chi connectivity index (χ1n) is 13.9. The van der Waals surface area contributed by atoms with Gasteiger partial charge < -0.3 is 24.7 Å². The summed E-state index contributed by atoms with van der Waals surface area (Å²) in [5.41, 5.74) is 10.3. The molecule has 0 spiro atoms. The first-order valence-corrected chi connectivity index (χ1v) is 13.9. The number of rotatable bonds is 5. The van der Waals surface area contributed by atoms with Crippen LogP contribution in [0.3, 0.4) is 0 Å². The topological polar surface area (TPSA) is 94.3 Å². The number of aryl methyl sites for hydroxylation is 2. The third-order valence-corrected chi connectivity index (χ3v) is 9.19. The molecule has 2 N–H and O–H groups in total. The van der Waals surface area contributed by atoms with Crippen molar-refractivity contribution in [2.75, 3.05) is 12.0 Å². The Bertz CT molecular complexity index is 1290. The minimum absolute atomic E-state index is 0.0401. The molecule has 1 saturated heterocycles. The highest BCUT2D eigenvalue weighted by atomic mass is 16.7.